The molecular weight excluding hydrogens is 322 g/mol. The lowest BCUT2D eigenvalue weighted by molar-refractivity contribution is 0.143. The summed E-state index contributed by atoms with van der Waals surface area (Å²) in [6.07, 6.45) is 14.1. The van der Waals surface area contributed by atoms with Crippen molar-refractivity contribution in [3.8, 4) is 0 Å². The van der Waals surface area contributed by atoms with E-state index in [-0.39, 0.29) is 0 Å². The Labute approximate surface area is 157 Å². The van der Waals surface area contributed by atoms with Crippen molar-refractivity contribution >= 4 is 17.4 Å². The van der Waals surface area contributed by atoms with Gasteiger partial charge in [-0.1, -0.05) is 26.2 Å². The van der Waals surface area contributed by atoms with Gasteiger partial charge in [-0.3, -0.25) is 0 Å². The van der Waals surface area contributed by atoms with E-state index in [0.717, 1.165) is 41.7 Å². The van der Waals surface area contributed by atoms with Gasteiger partial charge in [-0.2, -0.15) is 0 Å². The number of benzene rings is 1. The second kappa shape index (κ2) is 6.51. The Morgan fingerprint density at radius 3 is 2.48 bits per heavy atom. The van der Waals surface area contributed by atoms with Gasteiger partial charge in [0.25, 0.3) is 0 Å². The normalized spacial score (nSPS) is 42.8. The number of fused-ring (bicyclic) bond motifs is 5. The smallest absolute Gasteiger partial charge is 0.0372 e. The lowest BCUT2D eigenvalue weighted by Gasteiger charge is -2.40. The fourth-order valence-corrected chi connectivity index (χ4v) is 7.65. The minimum Gasteiger partial charge on any atom is -0.365 e. The van der Waals surface area contributed by atoms with Gasteiger partial charge in [-0.15, -0.1) is 11.8 Å². The van der Waals surface area contributed by atoms with Crippen molar-refractivity contribution in [1.82, 2.24) is 0 Å². The first-order valence-corrected chi connectivity index (χ1v) is 11.9. The molecule has 25 heavy (non-hydrogen) atoms. The van der Waals surface area contributed by atoms with Crippen LogP contribution < -0.4 is 4.90 Å². The molecule has 0 N–H and O–H groups in total. The Morgan fingerprint density at radius 2 is 1.68 bits per heavy atom. The zero-order valence-electron chi connectivity index (χ0n) is 15.9. The van der Waals surface area contributed by atoms with E-state index in [1.54, 1.807) is 0 Å². The Bertz CT molecular complexity index is 611. The first-order valence-electron chi connectivity index (χ1n) is 10.7. The van der Waals surface area contributed by atoms with Gasteiger partial charge in [0.1, 0.15) is 0 Å². The number of hydrogen-bond acceptors (Lipinski definition) is 2. The fraction of sp³-hybridized carbons (Fsp3) is 0.739. The molecule has 1 aliphatic heterocycles. The Balaban J connectivity index is 1.50. The molecule has 3 aliphatic carbocycles. The maximum absolute atomic E-state index is 2.93. The highest BCUT2D eigenvalue weighted by Crippen LogP contribution is 2.59. The van der Waals surface area contributed by atoms with Crippen LogP contribution in [-0.2, 0) is 0 Å². The molecule has 0 aromatic heterocycles. The van der Waals surface area contributed by atoms with Crippen LogP contribution in [0, 0.1) is 29.6 Å². The number of nitrogens with zero attached hydrogens (tertiary/aromatic N) is 1. The van der Waals surface area contributed by atoms with Gasteiger partial charge in [0, 0.05) is 22.7 Å². The van der Waals surface area contributed by atoms with Crippen molar-refractivity contribution in [3.63, 3.8) is 0 Å². The topological polar surface area (TPSA) is 3.24 Å². The molecule has 0 radical (unpaired) electrons. The summed E-state index contributed by atoms with van der Waals surface area (Å²) in [4.78, 5) is 4.33. The highest BCUT2D eigenvalue weighted by atomic mass is 32.2. The Morgan fingerprint density at radius 1 is 0.880 bits per heavy atom. The third-order valence-electron chi connectivity index (χ3n) is 8.15. The van der Waals surface area contributed by atoms with Gasteiger partial charge in [-0.25, -0.2) is 0 Å². The molecule has 7 unspecified atom stereocenters. The molecule has 2 heteroatoms. The maximum Gasteiger partial charge on any atom is 0.0372 e. The molecule has 0 bridgehead atoms. The summed E-state index contributed by atoms with van der Waals surface area (Å²) >= 11 is 1.86. The van der Waals surface area contributed by atoms with Crippen LogP contribution in [0.5, 0.6) is 0 Å². The van der Waals surface area contributed by atoms with E-state index in [9.17, 15) is 0 Å². The fourth-order valence-electron chi connectivity index (χ4n) is 7.24. The Hall–Kier alpha value is -0.630. The van der Waals surface area contributed by atoms with Crippen LogP contribution in [0.1, 0.15) is 58.3 Å². The minimum atomic E-state index is 0.828. The van der Waals surface area contributed by atoms with E-state index < -0.39 is 0 Å². The standard InChI is InChI=1S/C23H33NS/c1-15-7-12-21-20(13-15)23-19-6-4-3-5-16(19)14-22(23)24(21)17-8-10-18(25-2)11-9-17/h8-11,15-16,19-23H,3-7,12-14H2,1-2H3. The van der Waals surface area contributed by atoms with Crippen LogP contribution in [0.4, 0.5) is 5.69 Å². The quantitative estimate of drug-likeness (QED) is 0.579. The van der Waals surface area contributed by atoms with Gasteiger partial charge in [0.05, 0.1) is 0 Å². The number of anilines is 1. The van der Waals surface area contributed by atoms with E-state index in [1.165, 1.54) is 61.9 Å². The van der Waals surface area contributed by atoms with Crippen molar-refractivity contribution in [2.75, 3.05) is 11.2 Å². The van der Waals surface area contributed by atoms with Crippen molar-refractivity contribution in [1.29, 1.82) is 0 Å². The third kappa shape index (κ3) is 2.66. The highest BCUT2D eigenvalue weighted by Gasteiger charge is 2.58. The van der Waals surface area contributed by atoms with Gasteiger partial charge in [0.2, 0.25) is 0 Å². The number of hydrogen-bond donors (Lipinski definition) is 0. The average molecular weight is 356 g/mol. The molecule has 1 nitrogen and oxygen atoms in total. The molecule has 1 aromatic carbocycles. The second-order valence-corrected chi connectivity index (χ2v) is 10.2. The Kier molecular flexibility index (Phi) is 4.31. The van der Waals surface area contributed by atoms with Crippen LogP contribution in [0.15, 0.2) is 29.2 Å². The molecule has 4 fully saturated rings. The summed E-state index contributed by atoms with van der Waals surface area (Å²) < 4.78 is 0. The summed E-state index contributed by atoms with van der Waals surface area (Å²) in [6, 6.07) is 11.2. The van der Waals surface area contributed by atoms with Gasteiger partial charge < -0.3 is 4.90 Å². The first-order chi connectivity index (χ1) is 12.3. The minimum absolute atomic E-state index is 0.828. The molecule has 0 spiro atoms. The van der Waals surface area contributed by atoms with E-state index in [1.807, 2.05) is 11.8 Å². The van der Waals surface area contributed by atoms with Crippen LogP contribution in [0.2, 0.25) is 0 Å². The molecular formula is C23H33NS. The highest BCUT2D eigenvalue weighted by molar-refractivity contribution is 7.98. The van der Waals surface area contributed by atoms with Gasteiger partial charge in [-0.05, 0) is 92.2 Å². The lowest BCUT2D eigenvalue weighted by atomic mass is 9.68. The lowest BCUT2D eigenvalue weighted by Crippen LogP contribution is -2.40. The molecule has 3 saturated carbocycles. The largest absolute Gasteiger partial charge is 0.365 e. The van der Waals surface area contributed by atoms with Crippen molar-refractivity contribution < 1.29 is 0 Å². The summed E-state index contributed by atoms with van der Waals surface area (Å²) in [5.74, 6) is 5.01. The number of thioether (sulfide) groups is 1. The van der Waals surface area contributed by atoms with E-state index in [2.05, 4.69) is 42.3 Å². The molecule has 1 heterocycles. The van der Waals surface area contributed by atoms with Gasteiger partial charge in [0.15, 0.2) is 0 Å². The number of rotatable bonds is 2. The first kappa shape index (κ1) is 16.5. The predicted molar refractivity (Wildman–Crippen MR) is 108 cm³/mol. The van der Waals surface area contributed by atoms with Crippen LogP contribution >= 0.6 is 11.8 Å². The summed E-state index contributed by atoms with van der Waals surface area (Å²) in [5, 5.41) is 0. The second-order valence-electron chi connectivity index (χ2n) is 9.34. The van der Waals surface area contributed by atoms with E-state index >= 15 is 0 Å². The molecule has 5 rings (SSSR count). The molecule has 136 valence electrons. The molecule has 7 atom stereocenters. The van der Waals surface area contributed by atoms with Crippen LogP contribution in [0.25, 0.3) is 0 Å². The molecule has 0 amide bonds. The molecule has 1 aromatic rings. The van der Waals surface area contributed by atoms with Crippen molar-refractivity contribution in [2.24, 2.45) is 29.6 Å². The average Bonchev–Trinajstić information content (AvgIpc) is 3.16. The SMILES string of the molecule is CSc1ccc(N2C3CCC(C)CC3C3C4CCCCC4CC32)cc1. The zero-order chi connectivity index (χ0) is 17.0. The summed E-state index contributed by atoms with van der Waals surface area (Å²) in [7, 11) is 0. The van der Waals surface area contributed by atoms with E-state index in [4.69, 9.17) is 0 Å². The monoisotopic (exact) mass is 355 g/mol. The van der Waals surface area contributed by atoms with Gasteiger partial charge >= 0.3 is 0 Å². The molecule has 4 aliphatic rings. The summed E-state index contributed by atoms with van der Waals surface area (Å²) in [5.41, 5.74) is 1.52. The van der Waals surface area contributed by atoms with E-state index in [0.29, 0.717) is 0 Å². The van der Waals surface area contributed by atoms with Crippen LogP contribution in [0.3, 0.4) is 0 Å². The molecule has 1 saturated heterocycles. The van der Waals surface area contributed by atoms with Crippen LogP contribution in [-0.4, -0.2) is 18.3 Å². The third-order valence-corrected chi connectivity index (χ3v) is 8.90. The zero-order valence-corrected chi connectivity index (χ0v) is 16.7. The van der Waals surface area contributed by atoms with Crippen molar-refractivity contribution in [2.45, 2.75) is 75.3 Å². The maximum atomic E-state index is 2.93. The summed E-state index contributed by atoms with van der Waals surface area (Å²) in [6.45, 7) is 2.51. The predicted octanol–water partition coefficient (Wildman–Crippen LogP) is 6.23. The van der Waals surface area contributed by atoms with Crippen molar-refractivity contribution in [3.05, 3.63) is 24.3 Å².